The van der Waals surface area contributed by atoms with Crippen LogP contribution >= 0.6 is 0 Å². The van der Waals surface area contributed by atoms with E-state index in [0.717, 1.165) is 11.1 Å². The zero-order valence-corrected chi connectivity index (χ0v) is 31.7. The van der Waals surface area contributed by atoms with Gasteiger partial charge in [-0.1, -0.05) is 58.0 Å². The Balaban J connectivity index is 1.12. The molecule has 2 aromatic heterocycles. The fourth-order valence-electron chi connectivity index (χ4n) is 6.72. The molecule has 0 aliphatic carbocycles. The van der Waals surface area contributed by atoms with E-state index in [0.29, 0.717) is 28.6 Å². The number of benzene rings is 2. The minimum atomic E-state index is -2.97. The molecule has 2 aliphatic rings. The lowest BCUT2D eigenvalue weighted by Gasteiger charge is -2.37. The van der Waals surface area contributed by atoms with Crippen molar-refractivity contribution < 1.29 is 41.0 Å². The summed E-state index contributed by atoms with van der Waals surface area (Å²) < 4.78 is 80.9. The topological polar surface area (TPSA) is 134 Å². The molecule has 0 spiro atoms. The van der Waals surface area contributed by atoms with Crippen molar-refractivity contribution in [2.24, 2.45) is 11.8 Å². The number of imidazole rings is 2. The first-order valence-electron chi connectivity index (χ1n) is 18.4. The van der Waals surface area contributed by atoms with Crippen molar-refractivity contribution in [3.05, 3.63) is 72.3 Å². The molecule has 15 heteroatoms. The lowest BCUT2D eigenvalue weighted by molar-refractivity contribution is -0.190. The first kappa shape index (κ1) is 40.0. The monoisotopic (exact) mass is 770 g/mol. The Morgan fingerprint density at radius 2 is 1.11 bits per heavy atom. The number of aromatic nitrogens is 4. The number of carbonyl (C=O) groups is 2. The number of H-pyrrole nitrogens is 2. The highest BCUT2D eigenvalue weighted by Crippen LogP contribution is 2.37. The van der Waals surface area contributed by atoms with Crippen molar-refractivity contribution in [2.45, 2.75) is 102 Å². The zero-order valence-electron chi connectivity index (χ0n) is 31.7. The third-order valence-corrected chi connectivity index (χ3v) is 10.6. The van der Waals surface area contributed by atoms with Crippen LogP contribution in [-0.2, 0) is 19.1 Å². The second-order valence-electron chi connectivity index (χ2n) is 15.8. The first-order chi connectivity index (χ1) is 25.8. The number of ether oxygens (including phenoxy) is 2. The van der Waals surface area contributed by atoms with E-state index in [1.54, 1.807) is 24.5 Å². The molecule has 10 nitrogen and oxygen atoms in total. The highest BCUT2D eigenvalue weighted by atomic mass is 19.3. The van der Waals surface area contributed by atoms with Gasteiger partial charge in [-0.2, -0.15) is 0 Å². The van der Waals surface area contributed by atoms with Gasteiger partial charge in [0.25, 0.3) is 23.7 Å². The van der Waals surface area contributed by atoms with Crippen LogP contribution in [0.15, 0.2) is 54.9 Å². The quantitative estimate of drug-likeness (QED) is 0.113. The molecule has 2 aliphatic heterocycles. The van der Waals surface area contributed by atoms with Crippen molar-refractivity contribution in [2.75, 3.05) is 13.2 Å². The summed E-state index contributed by atoms with van der Waals surface area (Å²) >= 11 is 0. The van der Waals surface area contributed by atoms with E-state index >= 15 is 4.39 Å². The molecule has 4 N–H and O–H groups in total. The molecule has 296 valence electrons. The number of nitrogens with zero attached hydrogens (tertiary/aromatic N) is 2. The average Bonchev–Trinajstić information content (AvgIpc) is 3.83. The van der Waals surface area contributed by atoms with E-state index in [9.17, 15) is 27.2 Å². The van der Waals surface area contributed by atoms with E-state index in [1.807, 2.05) is 52.0 Å². The maximum Gasteiger partial charge on any atom is 0.271 e. The number of alkyl halides is 4. The summed E-state index contributed by atoms with van der Waals surface area (Å²) in [5, 5.41) is 5.82. The Morgan fingerprint density at radius 1 is 0.673 bits per heavy atom. The summed E-state index contributed by atoms with van der Waals surface area (Å²) in [5.74, 6) is -6.73. The van der Waals surface area contributed by atoms with Crippen molar-refractivity contribution in [3.8, 4) is 33.6 Å². The van der Waals surface area contributed by atoms with Gasteiger partial charge in [0.1, 0.15) is 41.9 Å². The van der Waals surface area contributed by atoms with Crippen LogP contribution in [0.4, 0.5) is 22.0 Å². The van der Waals surface area contributed by atoms with Crippen molar-refractivity contribution in [1.29, 1.82) is 0 Å². The van der Waals surface area contributed by atoms with E-state index in [4.69, 9.17) is 14.5 Å². The van der Waals surface area contributed by atoms with Gasteiger partial charge in [0, 0.05) is 36.4 Å². The van der Waals surface area contributed by atoms with Crippen LogP contribution in [0.5, 0.6) is 0 Å². The molecule has 4 aromatic rings. The molecule has 2 amide bonds. The van der Waals surface area contributed by atoms with Crippen LogP contribution in [0.25, 0.3) is 33.6 Å². The van der Waals surface area contributed by atoms with E-state index in [2.05, 4.69) is 25.6 Å². The van der Waals surface area contributed by atoms with Gasteiger partial charge in [-0.3, -0.25) is 9.59 Å². The zero-order chi connectivity index (χ0) is 39.9. The predicted octanol–water partition coefficient (Wildman–Crippen LogP) is 8.31. The lowest BCUT2D eigenvalue weighted by Crippen LogP contribution is -2.53. The van der Waals surface area contributed by atoms with Gasteiger partial charge in [0.05, 0.1) is 23.5 Å². The Bertz CT molecular complexity index is 1990. The van der Waals surface area contributed by atoms with Gasteiger partial charge >= 0.3 is 0 Å². The highest BCUT2D eigenvalue weighted by molar-refractivity contribution is 5.86. The molecule has 55 heavy (non-hydrogen) atoms. The van der Waals surface area contributed by atoms with Gasteiger partial charge in [-0.15, -0.1) is 0 Å². The summed E-state index contributed by atoms with van der Waals surface area (Å²) in [6.07, 6.45) is 2.17. The minimum absolute atomic E-state index is 0.0761. The fourth-order valence-corrected chi connectivity index (χ4v) is 6.72. The van der Waals surface area contributed by atoms with E-state index < -0.39 is 78.8 Å². The van der Waals surface area contributed by atoms with Crippen LogP contribution in [0.2, 0.25) is 0 Å². The SMILES string of the molecule is CC(C)[C@H](NC(=O)[C@@]1(C)CCC(F)(F)CO1)c1nc(-c2ccc(-c3ccc(-c4c[nH]c([C@@H](NC(=O)[C@@]5(C)CCC(F)(F)CO5)C(C)C)n4)c(F)c3)cc2)c[nH]1. The first-order valence-corrected chi connectivity index (χ1v) is 18.4. The summed E-state index contributed by atoms with van der Waals surface area (Å²) in [6.45, 7) is 8.98. The maximum absolute atomic E-state index is 15.6. The number of carbonyl (C=O) groups excluding carboxylic acids is 2. The second-order valence-corrected chi connectivity index (χ2v) is 15.8. The molecule has 2 aromatic carbocycles. The third kappa shape index (κ3) is 8.77. The molecule has 2 saturated heterocycles. The lowest BCUT2D eigenvalue weighted by atomic mass is 9.92. The average molecular weight is 771 g/mol. The van der Waals surface area contributed by atoms with Crippen molar-refractivity contribution in [3.63, 3.8) is 0 Å². The largest absolute Gasteiger partial charge is 0.359 e. The Kier molecular flexibility index (Phi) is 11.0. The minimum Gasteiger partial charge on any atom is -0.359 e. The number of aromatic amines is 2. The highest BCUT2D eigenvalue weighted by Gasteiger charge is 2.48. The molecule has 2 fully saturated rings. The van der Waals surface area contributed by atoms with Crippen LogP contribution in [0, 0.1) is 17.7 Å². The Labute approximate surface area is 316 Å². The van der Waals surface area contributed by atoms with Crippen LogP contribution in [0.3, 0.4) is 0 Å². The number of amides is 2. The molecule has 0 unspecified atom stereocenters. The normalized spacial score (nSPS) is 23.4. The molecular formula is C40H47F5N6O4. The number of hydrogen-bond donors (Lipinski definition) is 4. The van der Waals surface area contributed by atoms with Crippen LogP contribution in [0.1, 0.15) is 91.0 Å². The van der Waals surface area contributed by atoms with Gasteiger partial charge in [0.15, 0.2) is 0 Å². The molecule has 6 rings (SSSR count). The van der Waals surface area contributed by atoms with E-state index in [1.165, 1.54) is 19.9 Å². The number of nitrogens with one attached hydrogen (secondary N) is 4. The van der Waals surface area contributed by atoms with E-state index in [-0.39, 0.29) is 30.2 Å². The summed E-state index contributed by atoms with van der Waals surface area (Å²) in [4.78, 5) is 41.8. The summed E-state index contributed by atoms with van der Waals surface area (Å²) in [5.41, 5.74) is 0.591. The molecule has 4 heterocycles. The number of hydrogen-bond acceptors (Lipinski definition) is 6. The molecule has 4 atom stereocenters. The molecular weight excluding hydrogens is 723 g/mol. The second kappa shape index (κ2) is 15.1. The number of halogens is 5. The Morgan fingerprint density at radius 3 is 1.55 bits per heavy atom. The molecule has 0 radical (unpaired) electrons. The standard InChI is InChI=1S/C40H47F5N6O4/c1-22(2)31(50-35(52)37(5)13-15-39(42,43)20-54-37)33-46-18-29(48-33)25-9-7-24(8-10-25)26-11-12-27(28(41)17-26)30-19-47-34(49-30)32(23(3)4)51-36(53)38(6)14-16-40(44,45)21-55-38/h7-12,17-19,22-23,31-32H,13-16,20-21H2,1-6H3,(H,46,48)(H,47,49)(H,50,52)(H,51,53)/t31-,32-,37+,38+/m0/s1. The van der Waals surface area contributed by atoms with Gasteiger partial charge in [-0.05, 0) is 61.8 Å². The Hall–Kier alpha value is -4.63. The smallest absolute Gasteiger partial charge is 0.271 e. The van der Waals surface area contributed by atoms with Gasteiger partial charge in [0.2, 0.25) is 0 Å². The van der Waals surface area contributed by atoms with Crippen molar-refractivity contribution >= 4 is 11.8 Å². The fraction of sp³-hybridized carbons (Fsp3) is 0.500. The van der Waals surface area contributed by atoms with Crippen LogP contribution < -0.4 is 10.6 Å². The van der Waals surface area contributed by atoms with Gasteiger partial charge in [-0.25, -0.2) is 31.9 Å². The maximum atomic E-state index is 15.6. The van der Waals surface area contributed by atoms with Crippen LogP contribution in [-0.4, -0.2) is 68.0 Å². The molecule has 0 bridgehead atoms. The summed E-state index contributed by atoms with van der Waals surface area (Å²) in [7, 11) is 0. The summed E-state index contributed by atoms with van der Waals surface area (Å²) in [6, 6.07) is 11.1. The molecule has 0 saturated carbocycles. The van der Waals surface area contributed by atoms with Gasteiger partial charge < -0.3 is 30.1 Å². The third-order valence-electron chi connectivity index (χ3n) is 10.6. The number of rotatable bonds is 11. The van der Waals surface area contributed by atoms with Crippen molar-refractivity contribution in [1.82, 2.24) is 30.6 Å². The predicted molar refractivity (Wildman–Crippen MR) is 196 cm³/mol.